The largest absolute Gasteiger partial charge is 0.324 e. The fourth-order valence-corrected chi connectivity index (χ4v) is 2.71. The third-order valence-electron chi connectivity index (χ3n) is 4.22. The third-order valence-corrected chi connectivity index (χ3v) is 4.22. The van der Waals surface area contributed by atoms with Gasteiger partial charge in [0.15, 0.2) is 0 Å². The van der Waals surface area contributed by atoms with Crippen molar-refractivity contribution in [1.29, 1.82) is 0 Å². The highest BCUT2D eigenvalue weighted by atomic mass is 19.3. The summed E-state index contributed by atoms with van der Waals surface area (Å²) in [4.78, 5) is 13.8. The van der Waals surface area contributed by atoms with Crippen molar-refractivity contribution in [3.05, 3.63) is 36.4 Å². The Kier molecular flexibility index (Phi) is 4.46. The molecule has 24 heavy (non-hydrogen) atoms. The summed E-state index contributed by atoms with van der Waals surface area (Å²) >= 11 is 0. The van der Waals surface area contributed by atoms with Crippen LogP contribution in [0.1, 0.15) is 25.3 Å². The van der Waals surface area contributed by atoms with E-state index < -0.39 is 5.92 Å². The van der Waals surface area contributed by atoms with Crippen LogP contribution >= 0.6 is 0 Å². The molecule has 0 unspecified atom stereocenters. The van der Waals surface area contributed by atoms with Gasteiger partial charge in [0.2, 0.25) is 0 Å². The number of anilines is 1. The van der Waals surface area contributed by atoms with Gasteiger partial charge in [0.1, 0.15) is 12.7 Å². The summed E-state index contributed by atoms with van der Waals surface area (Å²) in [6.07, 6.45) is 3.30. The van der Waals surface area contributed by atoms with E-state index in [-0.39, 0.29) is 32.0 Å². The number of halogens is 2. The molecule has 1 N–H and O–H groups in total. The molecule has 8 heteroatoms. The van der Waals surface area contributed by atoms with Gasteiger partial charge in [0.25, 0.3) is 5.92 Å². The quantitative estimate of drug-likeness (QED) is 0.937. The molecule has 0 aliphatic carbocycles. The second kappa shape index (κ2) is 6.54. The number of aryl methyl sites for hydroxylation is 1. The first-order valence-corrected chi connectivity index (χ1v) is 7.90. The van der Waals surface area contributed by atoms with Gasteiger partial charge in [0, 0.05) is 31.6 Å². The summed E-state index contributed by atoms with van der Waals surface area (Å²) in [5.41, 5.74) is 2.46. The minimum Gasteiger partial charge on any atom is -0.324 e. The van der Waals surface area contributed by atoms with Crippen LogP contribution in [0, 0.1) is 0 Å². The standard InChI is InChI=1S/C16H19F2N5O/c1-2-12-3-4-13(23-10-19-20-11-23)9-14(12)21-15(24)22-7-5-16(17,18)6-8-22/h3-4,9-11H,2,5-8H2,1H3,(H,21,24). The average molecular weight is 335 g/mol. The number of urea groups is 1. The van der Waals surface area contributed by atoms with Gasteiger partial charge in [-0.2, -0.15) is 0 Å². The van der Waals surface area contributed by atoms with Gasteiger partial charge in [-0.1, -0.05) is 13.0 Å². The topological polar surface area (TPSA) is 63.1 Å². The smallest absolute Gasteiger partial charge is 0.321 e. The van der Waals surface area contributed by atoms with Gasteiger partial charge < -0.3 is 10.2 Å². The molecular weight excluding hydrogens is 316 g/mol. The number of likely N-dealkylation sites (tertiary alicyclic amines) is 1. The first kappa shape index (κ1) is 16.4. The van der Waals surface area contributed by atoms with Crippen molar-refractivity contribution in [1.82, 2.24) is 19.7 Å². The highest BCUT2D eigenvalue weighted by molar-refractivity contribution is 5.90. The molecule has 0 spiro atoms. The summed E-state index contributed by atoms with van der Waals surface area (Å²) in [5, 5.41) is 10.4. The number of piperidine rings is 1. The number of rotatable bonds is 3. The second-order valence-corrected chi connectivity index (χ2v) is 5.84. The van der Waals surface area contributed by atoms with Gasteiger partial charge in [-0.3, -0.25) is 4.57 Å². The molecule has 1 saturated heterocycles. The molecule has 0 saturated carbocycles. The van der Waals surface area contributed by atoms with Crippen LogP contribution in [0.2, 0.25) is 0 Å². The van der Waals surface area contributed by atoms with Crippen LogP contribution in [0.15, 0.2) is 30.9 Å². The van der Waals surface area contributed by atoms with Crippen LogP contribution in [-0.2, 0) is 6.42 Å². The Bertz CT molecular complexity index is 707. The van der Waals surface area contributed by atoms with Gasteiger partial charge in [0.05, 0.1) is 5.69 Å². The number of alkyl halides is 2. The lowest BCUT2D eigenvalue weighted by molar-refractivity contribution is -0.0461. The highest BCUT2D eigenvalue weighted by Crippen LogP contribution is 2.28. The van der Waals surface area contributed by atoms with Gasteiger partial charge >= 0.3 is 6.03 Å². The Labute approximate surface area is 138 Å². The monoisotopic (exact) mass is 335 g/mol. The van der Waals surface area contributed by atoms with E-state index in [0.717, 1.165) is 17.7 Å². The van der Waals surface area contributed by atoms with E-state index in [1.54, 1.807) is 17.2 Å². The van der Waals surface area contributed by atoms with E-state index in [1.165, 1.54) is 4.90 Å². The van der Waals surface area contributed by atoms with Gasteiger partial charge in [-0.05, 0) is 24.1 Å². The summed E-state index contributed by atoms with van der Waals surface area (Å²) < 4.78 is 28.2. The van der Waals surface area contributed by atoms with Crippen molar-refractivity contribution in [3.8, 4) is 5.69 Å². The number of carbonyl (C=O) groups excluding carboxylic acids is 1. The maximum atomic E-state index is 13.2. The number of hydrogen-bond acceptors (Lipinski definition) is 3. The predicted octanol–water partition coefficient (Wildman–Crippen LogP) is 3.09. The molecule has 128 valence electrons. The fraction of sp³-hybridized carbons (Fsp3) is 0.438. The molecule has 1 fully saturated rings. The molecule has 2 heterocycles. The molecule has 0 radical (unpaired) electrons. The molecule has 1 aromatic carbocycles. The number of aromatic nitrogens is 3. The van der Waals surface area contributed by atoms with Crippen LogP contribution < -0.4 is 5.32 Å². The van der Waals surface area contributed by atoms with E-state index in [2.05, 4.69) is 15.5 Å². The lowest BCUT2D eigenvalue weighted by Gasteiger charge is -2.32. The molecule has 2 amide bonds. The number of amides is 2. The second-order valence-electron chi connectivity index (χ2n) is 5.84. The predicted molar refractivity (Wildman–Crippen MR) is 85.5 cm³/mol. The molecule has 3 rings (SSSR count). The maximum Gasteiger partial charge on any atom is 0.321 e. The van der Waals surface area contributed by atoms with E-state index in [4.69, 9.17) is 0 Å². The molecule has 1 aliphatic heterocycles. The molecule has 1 aliphatic rings. The van der Waals surface area contributed by atoms with Crippen molar-refractivity contribution in [2.45, 2.75) is 32.1 Å². The Balaban J connectivity index is 1.76. The summed E-state index contributed by atoms with van der Waals surface area (Å²) in [6.45, 7) is 2.11. The van der Waals surface area contributed by atoms with E-state index in [9.17, 15) is 13.6 Å². The normalized spacial score (nSPS) is 16.9. The lowest BCUT2D eigenvalue weighted by atomic mass is 10.1. The molecule has 0 bridgehead atoms. The maximum absolute atomic E-state index is 13.2. The van der Waals surface area contributed by atoms with Crippen molar-refractivity contribution in [2.24, 2.45) is 0 Å². The fourth-order valence-electron chi connectivity index (χ4n) is 2.71. The highest BCUT2D eigenvalue weighted by Gasteiger charge is 2.35. The zero-order valence-corrected chi connectivity index (χ0v) is 13.4. The Morgan fingerprint density at radius 1 is 1.25 bits per heavy atom. The molecule has 0 atom stereocenters. The van der Waals surface area contributed by atoms with Gasteiger partial charge in [-0.25, -0.2) is 13.6 Å². The van der Waals surface area contributed by atoms with Crippen LogP contribution in [-0.4, -0.2) is 44.7 Å². The molecule has 2 aromatic rings. The Hall–Kier alpha value is -2.51. The van der Waals surface area contributed by atoms with Crippen LogP contribution in [0.3, 0.4) is 0 Å². The zero-order valence-electron chi connectivity index (χ0n) is 13.4. The van der Waals surface area contributed by atoms with E-state index >= 15 is 0 Å². The summed E-state index contributed by atoms with van der Waals surface area (Å²) in [6, 6.07) is 5.33. The van der Waals surface area contributed by atoms with Crippen LogP contribution in [0.5, 0.6) is 0 Å². The lowest BCUT2D eigenvalue weighted by Crippen LogP contribution is -2.44. The summed E-state index contributed by atoms with van der Waals surface area (Å²) in [5.74, 6) is -2.67. The number of carbonyl (C=O) groups is 1. The SMILES string of the molecule is CCc1ccc(-n2cnnc2)cc1NC(=O)N1CCC(F)(F)CC1. The number of benzene rings is 1. The van der Waals surface area contributed by atoms with Crippen molar-refractivity contribution < 1.29 is 13.6 Å². The van der Waals surface area contributed by atoms with Crippen molar-refractivity contribution >= 4 is 11.7 Å². The molecule has 6 nitrogen and oxygen atoms in total. The number of hydrogen-bond donors (Lipinski definition) is 1. The third kappa shape index (κ3) is 3.52. The molecule has 1 aromatic heterocycles. The molecular formula is C16H19F2N5O. The van der Waals surface area contributed by atoms with Crippen molar-refractivity contribution in [2.75, 3.05) is 18.4 Å². The van der Waals surface area contributed by atoms with Crippen LogP contribution in [0.4, 0.5) is 19.3 Å². The van der Waals surface area contributed by atoms with E-state index in [1.807, 2.05) is 25.1 Å². The van der Waals surface area contributed by atoms with Gasteiger partial charge in [-0.15, -0.1) is 10.2 Å². The first-order chi connectivity index (χ1) is 11.5. The zero-order chi connectivity index (χ0) is 17.2. The Morgan fingerprint density at radius 3 is 2.54 bits per heavy atom. The number of nitrogens with one attached hydrogen (secondary N) is 1. The van der Waals surface area contributed by atoms with Crippen molar-refractivity contribution in [3.63, 3.8) is 0 Å². The first-order valence-electron chi connectivity index (χ1n) is 7.90. The Morgan fingerprint density at radius 2 is 1.92 bits per heavy atom. The minimum atomic E-state index is -2.67. The summed E-state index contributed by atoms with van der Waals surface area (Å²) in [7, 11) is 0. The van der Waals surface area contributed by atoms with Crippen LogP contribution in [0.25, 0.3) is 5.69 Å². The minimum absolute atomic E-state index is 0.0609. The van der Waals surface area contributed by atoms with E-state index in [0.29, 0.717) is 5.69 Å². The average Bonchev–Trinajstić information content (AvgIpc) is 3.09. The number of nitrogens with zero attached hydrogens (tertiary/aromatic N) is 4.